The molecule has 4 fully saturated rings. The third-order valence-electron chi connectivity index (χ3n) is 9.14. The van der Waals surface area contributed by atoms with Crippen LogP contribution in [0.3, 0.4) is 0 Å². The number of nitrogens with zero attached hydrogens (tertiary/aromatic N) is 2. The summed E-state index contributed by atoms with van der Waals surface area (Å²) in [5.74, 6) is -2.99. The van der Waals surface area contributed by atoms with Crippen molar-refractivity contribution in [3.05, 3.63) is 29.3 Å². The lowest BCUT2D eigenvalue weighted by molar-refractivity contribution is -0.182. The van der Waals surface area contributed by atoms with Gasteiger partial charge in [-0.15, -0.1) is 0 Å². The van der Waals surface area contributed by atoms with E-state index in [0.717, 1.165) is 12.1 Å². The number of rotatable bonds is 4. The number of anilines is 1. The topological polar surface area (TPSA) is 98.1 Å². The number of hydrogen-bond donors (Lipinski definition) is 0. The maximum absolute atomic E-state index is 14.1. The molecule has 5 rings (SSSR count). The van der Waals surface area contributed by atoms with Gasteiger partial charge in [-0.1, -0.05) is 20.8 Å². The van der Waals surface area contributed by atoms with E-state index in [0.29, 0.717) is 12.8 Å². The van der Waals surface area contributed by atoms with Gasteiger partial charge in [0, 0.05) is 24.4 Å². The van der Waals surface area contributed by atoms with Crippen LogP contribution in [-0.2, 0) is 34.4 Å². The lowest BCUT2D eigenvalue weighted by Gasteiger charge is -2.45. The van der Waals surface area contributed by atoms with Gasteiger partial charge >= 0.3 is 12.1 Å². The Balaban J connectivity index is 1.63. The van der Waals surface area contributed by atoms with Crippen molar-refractivity contribution < 1.29 is 41.4 Å². The number of amides is 1. The van der Waals surface area contributed by atoms with Gasteiger partial charge in [-0.05, 0) is 36.3 Å². The quantitative estimate of drug-likeness (QED) is 0.404. The van der Waals surface area contributed by atoms with Crippen molar-refractivity contribution in [1.82, 2.24) is 0 Å². The van der Waals surface area contributed by atoms with Crippen LogP contribution in [0.2, 0.25) is 18.1 Å². The van der Waals surface area contributed by atoms with Gasteiger partial charge in [-0.25, -0.2) is 4.79 Å². The zero-order valence-electron chi connectivity index (χ0n) is 22.1. The molecule has 6 atom stereocenters. The Bertz CT molecular complexity index is 1240. The highest BCUT2D eigenvalue weighted by Gasteiger charge is 2.83. The van der Waals surface area contributed by atoms with Gasteiger partial charge in [-0.3, -0.25) is 9.69 Å². The Morgan fingerprint density at radius 3 is 2.53 bits per heavy atom. The molecule has 0 unspecified atom stereocenters. The number of benzene rings is 1. The molecule has 38 heavy (non-hydrogen) atoms. The van der Waals surface area contributed by atoms with Crippen molar-refractivity contribution in [1.29, 1.82) is 5.26 Å². The Morgan fingerprint density at radius 1 is 1.26 bits per heavy atom. The van der Waals surface area contributed by atoms with Gasteiger partial charge in [0.15, 0.2) is 8.32 Å². The minimum atomic E-state index is -4.80. The number of fused-ring (bicyclic) bond motifs is 2. The molecular formula is C26H31F3N2O6Si. The zero-order chi connectivity index (χ0) is 28.1. The molecule has 1 spiro atoms. The molecule has 1 aromatic rings. The standard InChI is InChI=1S/C26H31F3N2O6Si/c1-23(2,3)38(5,6)36-17-12-24-9-10-35-21-19(24)18(25(17,37-24)22(33)34-4)20(32)31(21)15-8-7-14(13-30)16(11-15)26(27,28)29/h7-8,11,17-19,21H,9-10,12H2,1-6H3/t17-,18-,19+,21+,24+,25-/m1/s1. The van der Waals surface area contributed by atoms with Crippen LogP contribution in [0, 0.1) is 23.2 Å². The maximum Gasteiger partial charge on any atom is 0.417 e. The summed E-state index contributed by atoms with van der Waals surface area (Å²) in [7, 11) is -1.22. The fraction of sp³-hybridized carbons (Fsp3) is 0.654. The van der Waals surface area contributed by atoms with Crippen molar-refractivity contribution in [3.8, 4) is 6.07 Å². The summed E-state index contributed by atoms with van der Waals surface area (Å²) in [6.07, 6.45) is -5.74. The molecule has 206 valence electrons. The number of hydrogen-bond acceptors (Lipinski definition) is 7. The van der Waals surface area contributed by atoms with Crippen molar-refractivity contribution in [2.75, 3.05) is 18.6 Å². The SMILES string of the molecule is COC(=O)[C@]12O[C@@]3(CCO[C@H]4[C@@H]3[C@@H]1C(=O)N4c1ccc(C#N)c(C(F)(F)F)c1)C[C@H]2O[Si](C)(C)C(C)(C)C. The van der Waals surface area contributed by atoms with Crippen LogP contribution in [0.5, 0.6) is 0 Å². The summed E-state index contributed by atoms with van der Waals surface area (Å²) in [5.41, 5.74) is -4.43. The second kappa shape index (κ2) is 8.27. The number of carbonyl (C=O) groups is 2. The van der Waals surface area contributed by atoms with Crippen LogP contribution in [-0.4, -0.2) is 57.4 Å². The average molecular weight is 553 g/mol. The number of halogens is 3. The average Bonchev–Trinajstić information content (AvgIpc) is 3.42. The number of esters is 1. The second-order valence-corrected chi connectivity index (χ2v) is 16.8. The van der Waals surface area contributed by atoms with E-state index in [1.165, 1.54) is 18.1 Å². The molecule has 1 amide bonds. The van der Waals surface area contributed by atoms with E-state index in [-0.39, 0.29) is 17.3 Å². The highest BCUT2D eigenvalue weighted by Crippen LogP contribution is 2.67. The van der Waals surface area contributed by atoms with Gasteiger partial charge < -0.3 is 18.6 Å². The summed E-state index contributed by atoms with van der Waals surface area (Å²) >= 11 is 0. The highest BCUT2D eigenvalue weighted by atomic mass is 28.4. The van der Waals surface area contributed by atoms with Gasteiger partial charge in [-0.2, -0.15) is 18.4 Å². The van der Waals surface area contributed by atoms with Crippen molar-refractivity contribution in [2.45, 2.75) is 81.5 Å². The van der Waals surface area contributed by atoms with Crippen LogP contribution < -0.4 is 4.90 Å². The van der Waals surface area contributed by atoms with E-state index in [9.17, 15) is 28.0 Å². The van der Waals surface area contributed by atoms with Crippen LogP contribution in [0.25, 0.3) is 0 Å². The van der Waals surface area contributed by atoms with E-state index in [2.05, 4.69) is 20.8 Å². The van der Waals surface area contributed by atoms with Crippen LogP contribution in [0.1, 0.15) is 44.7 Å². The van der Waals surface area contributed by atoms with Crippen LogP contribution >= 0.6 is 0 Å². The molecule has 0 aliphatic carbocycles. The number of methoxy groups -OCH3 is 1. The second-order valence-electron chi connectivity index (χ2n) is 12.1. The van der Waals surface area contributed by atoms with Crippen molar-refractivity contribution >= 4 is 25.9 Å². The van der Waals surface area contributed by atoms with Gasteiger partial charge in [0.2, 0.25) is 11.5 Å². The molecule has 0 radical (unpaired) electrons. The van der Waals surface area contributed by atoms with E-state index in [1.807, 2.05) is 13.1 Å². The molecule has 0 N–H and O–H groups in total. The third-order valence-corrected chi connectivity index (χ3v) is 13.6. The van der Waals surface area contributed by atoms with Crippen molar-refractivity contribution in [2.24, 2.45) is 11.8 Å². The first kappa shape index (κ1) is 27.1. The lowest BCUT2D eigenvalue weighted by atomic mass is 9.64. The summed E-state index contributed by atoms with van der Waals surface area (Å²) in [5, 5.41) is 9.02. The summed E-state index contributed by atoms with van der Waals surface area (Å²) < 4.78 is 65.7. The Labute approximate surface area is 220 Å². The fourth-order valence-corrected chi connectivity index (χ4v) is 7.73. The van der Waals surface area contributed by atoms with Gasteiger partial charge in [0.05, 0.1) is 48.5 Å². The first-order valence-electron chi connectivity index (χ1n) is 12.6. The molecular weight excluding hydrogens is 521 g/mol. The number of ether oxygens (including phenoxy) is 3. The normalized spacial score (nSPS) is 34.3. The summed E-state index contributed by atoms with van der Waals surface area (Å²) in [6.45, 7) is 10.5. The number of carbonyl (C=O) groups excluding carboxylic acids is 2. The zero-order valence-corrected chi connectivity index (χ0v) is 23.1. The third kappa shape index (κ3) is 3.51. The van der Waals surface area contributed by atoms with Gasteiger partial charge in [0.1, 0.15) is 6.23 Å². The maximum atomic E-state index is 14.1. The molecule has 4 heterocycles. The predicted molar refractivity (Wildman–Crippen MR) is 130 cm³/mol. The molecule has 0 saturated carbocycles. The predicted octanol–water partition coefficient (Wildman–Crippen LogP) is 4.38. The van der Waals surface area contributed by atoms with E-state index < -0.39 is 72.9 Å². The largest absolute Gasteiger partial charge is 0.467 e. The van der Waals surface area contributed by atoms with Gasteiger partial charge in [0.25, 0.3) is 0 Å². The smallest absolute Gasteiger partial charge is 0.417 e. The first-order chi connectivity index (χ1) is 17.5. The van der Waals surface area contributed by atoms with E-state index in [4.69, 9.17) is 18.6 Å². The van der Waals surface area contributed by atoms with Crippen molar-refractivity contribution in [3.63, 3.8) is 0 Å². The number of alkyl halides is 3. The molecule has 1 aromatic carbocycles. The summed E-state index contributed by atoms with van der Waals surface area (Å²) in [4.78, 5) is 28.8. The molecule has 4 aliphatic rings. The van der Waals surface area contributed by atoms with E-state index in [1.54, 1.807) is 6.07 Å². The Morgan fingerprint density at radius 2 is 1.95 bits per heavy atom. The lowest BCUT2D eigenvalue weighted by Crippen LogP contribution is -2.61. The summed E-state index contributed by atoms with van der Waals surface area (Å²) in [6, 6.07) is 4.69. The Hall–Kier alpha value is -2.46. The molecule has 4 aliphatic heterocycles. The first-order valence-corrected chi connectivity index (χ1v) is 15.5. The monoisotopic (exact) mass is 552 g/mol. The van der Waals surface area contributed by atoms with E-state index >= 15 is 0 Å². The minimum absolute atomic E-state index is 0.0564. The molecule has 0 aromatic heterocycles. The minimum Gasteiger partial charge on any atom is -0.467 e. The van der Waals surface area contributed by atoms with Crippen LogP contribution in [0.15, 0.2) is 18.2 Å². The van der Waals surface area contributed by atoms with Crippen LogP contribution in [0.4, 0.5) is 18.9 Å². The number of nitriles is 1. The molecule has 8 nitrogen and oxygen atoms in total. The Kier molecular flexibility index (Phi) is 5.90. The molecule has 4 saturated heterocycles. The molecule has 12 heteroatoms. The fourth-order valence-electron chi connectivity index (χ4n) is 6.40. The molecule has 2 bridgehead atoms. The highest BCUT2D eigenvalue weighted by molar-refractivity contribution is 6.74.